The second-order valence-electron chi connectivity index (χ2n) is 9.61. The molecule has 3 aliphatic rings. The normalized spacial score (nSPS) is 26.5. The number of fused-ring (bicyclic) bond motifs is 1. The van der Waals surface area contributed by atoms with Crippen LogP contribution in [0, 0.1) is 0 Å². The fourth-order valence-electron chi connectivity index (χ4n) is 5.68. The van der Waals surface area contributed by atoms with Crippen molar-refractivity contribution in [2.75, 3.05) is 24.6 Å². The van der Waals surface area contributed by atoms with Crippen molar-refractivity contribution in [3.05, 3.63) is 40.4 Å². The van der Waals surface area contributed by atoms with Gasteiger partial charge < -0.3 is 5.11 Å². The van der Waals surface area contributed by atoms with Crippen LogP contribution in [-0.2, 0) is 9.84 Å². The molecule has 1 aliphatic carbocycles. The molecule has 7 nitrogen and oxygen atoms in total. The number of aliphatic hydroxyl groups is 1. The van der Waals surface area contributed by atoms with Gasteiger partial charge in [0.25, 0.3) is 5.56 Å². The Hall–Kier alpha value is -1.77. The summed E-state index contributed by atoms with van der Waals surface area (Å²) in [5, 5.41) is 11.8. The quantitative estimate of drug-likeness (QED) is 0.778. The third-order valence-electron chi connectivity index (χ3n) is 7.44. The van der Waals surface area contributed by atoms with E-state index in [0.717, 1.165) is 56.4 Å². The van der Waals surface area contributed by atoms with Gasteiger partial charge in [-0.25, -0.2) is 13.4 Å². The van der Waals surface area contributed by atoms with Crippen LogP contribution in [0.1, 0.15) is 69.3 Å². The second kappa shape index (κ2) is 7.98. The first-order valence-corrected chi connectivity index (χ1v) is 13.4. The lowest BCUT2D eigenvalue weighted by Crippen LogP contribution is -2.48. The van der Waals surface area contributed by atoms with Crippen molar-refractivity contribution in [1.29, 1.82) is 0 Å². The van der Waals surface area contributed by atoms with Crippen LogP contribution in [0.3, 0.4) is 0 Å². The van der Waals surface area contributed by atoms with Crippen molar-refractivity contribution in [1.82, 2.24) is 14.5 Å². The largest absolute Gasteiger partial charge is 0.388 e. The summed E-state index contributed by atoms with van der Waals surface area (Å²) in [4.78, 5) is 20.7. The Kier molecular flexibility index (Phi) is 5.43. The molecule has 0 spiro atoms. The summed E-state index contributed by atoms with van der Waals surface area (Å²) in [6, 6.07) is 7.72. The molecule has 2 aromatic rings. The van der Waals surface area contributed by atoms with Crippen molar-refractivity contribution in [3.63, 3.8) is 0 Å². The lowest BCUT2D eigenvalue weighted by atomic mass is 9.95. The fourth-order valence-corrected chi connectivity index (χ4v) is 7.26. The number of nitrogens with zero attached hydrogens (tertiary/aromatic N) is 3. The molecular formula is C23H31N3O4S. The molecular weight excluding hydrogens is 414 g/mol. The van der Waals surface area contributed by atoms with Gasteiger partial charge in [-0.3, -0.25) is 14.3 Å². The fraction of sp³-hybridized carbons (Fsp3) is 0.652. The van der Waals surface area contributed by atoms with Gasteiger partial charge in [0.05, 0.1) is 34.1 Å². The molecule has 31 heavy (non-hydrogen) atoms. The average Bonchev–Trinajstić information content (AvgIpc) is 3.43. The zero-order valence-electron chi connectivity index (χ0n) is 17.9. The van der Waals surface area contributed by atoms with Gasteiger partial charge in [0, 0.05) is 12.6 Å². The summed E-state index contributed by atoms with van der Waals surface area (Å²) in [5.74, 6) is 0.909. The highest BCUT2D eigenvalue weighted by Crippen LogP contribution is 2.38. The van der Waals surface area contributed by atoms with Crippen LogP contribution in [0.2, 0.25) is 0 Å². The SMILES string of the molecule is O=c1c2ccccc2nc(C2CCCN2CC2(O)CCS(=O)(=O)CC2)n1C1CCCC1. The molecule has 1 saturated carbocycles. The Morgan fingerprint density at radius 2 is 1.77 bits per heavy atom. The average molecular weight is 446 g/mol. The summed E-state index contributed by atoms with van der Waals surface area (Å²) in [6.07, 6.45) is 6.69. The van der Waals surface area contributed by atoms with E-state index in [1.165, 1.54) is 0 Å². The number of hydrogen-bond acceptors (Lipinski definition) is 6. The van der Waals surface area contributed by atoms with E-state index in [1.807, 2.05) is 28.8 Å². The first-order chi connectivity index (χ1) is 14.9. The van der Waals surface area contributed by atoms with Gasteiger partial charge in [0.15, 0.2) is 9.84 Å². The minimum atomic E-state index is -3.04. The highest BCUT2D eigenvalue weighted by molar-refractivity contribution is 7.91. The Morgan fingerprint density at radius 3 is 2.52 bits per heavy atom. The Bertz CT molecular complexity index is 1120. The third-order valence-corrected chi connectivity index (χ3v) is 9.09. The molecule has 3 fully saturated rings. The Balaban J connectivity index is 1.52. The maximum Gasteiger partial charge on any atom is 0.261 e. The van der Waals surface area contributed by atoms with Crippen molar-refractivity contribution < 1.29 is 13.5 Å². The third kappa shape index (κ3) is 4.05. The number of hydrogen-bond donors (Lipinski definition) is 1. The van der Waals surface area contributed by atoms with Gasteiger partial charge in [0.2, 0.25) is 0 Å². The molecule has 1 unspecified atom stereocenters. The van der Waals surface area contributed by atoms with E-state index in [0.29, 0.717) is 11.9 Å². The molecule has 1 aromatic carbocycles. The molecule has 8 heteroatoms. The highest BCUT2D eigenvalue weighted by Gasteiger charge is 2.41. The number of sulfone groups is 1. The van der Waals surface area contributed by atoms with Crippen LogP contribution < -0.4 is 5.56 Å². The Morgan fingerprint density at radius 1 is 1.06 bits per heavy atom. The molecule has 1 N–H and O–H groups in total. The van der Waals surface area contributed by atoms with Gasteiger partial charge >= 0.3 is 0 Å². The van der Waals surface area contributed by atoms with Crippen molar-refractivity contribution >= 4 is 20.7 Å². The monoisotopic (exact) mass is 445 g/mol. The topological polar surface area (TPSA) is 92.5 Å². The smallest absolute Gasteiger partial charge is 0.261 e. The molecule has 0 bridgehead atoms. The molecule has 5 rings (SSSR count). The van der Waals surface area contributed by atoms with Crippen LogP contribution >= 0.6 is 0 Å². The van der Waals surface area contributed by atoms with Gasteiger partial charge in [-0.05, 0) is 57.2 Å². The maximum absolute atomic E-state index is 13.5. The zero-order chi connectivity index (χ0) is 21.6. The molecule has 1 aromatic heterocycles. The minimum absolute atomic E-state index is 0.0273. The van der Waals surface area contributed by atoms with E-state index >= 15 is 0 Å². The summed E-state index contributed by atoms with van der Waals surface area (Å²) in [7, 11) is -3.04. The summed E-state index contributed by atoms with van der Waals surface area (Å²) < 4.78 is 25.6. The predicted octanol–water partition coefficient (Wildman–Crippen LogP) is 2.59. The summed E-state index contributed by atoms with van der Waals surface area (Å²) in [5.41, 5.74) is -0.226. The van der Waals surface area contributed by atoms with Gasteiger partial charge in [-0.1, -0.05) is 25.0 Å². The molecule has 0 radical (unpaired) electrons. The van der Waals surface area contributed by atoms with Crippen LogP contribution in [0.5, 0.6) is 0 Å². The van der Waals surface area contributed by atoms with E-state index in [-0.39, 0.29) is 42.0 Å². The zero-order valence-corrected chi connectivity index (χ0v) is 18.7. The summed E-state index contributed by atoms with van der Waals surface area (Å²) in [6.45, 7) is 1.26. The van der Waals surface area contributed by atoms with E-state index in [4.69, 9.17) is 4.98 Å². The molecule has 3 heterocycles. The number of aromatic nitrogens is 2. The molecule has 2 saturated heterocycles. The van der Waals surface area contributed by atoms with Gasteiger partial charge in [-0.15, -0.1) is 0 Å². The van der Waals surface area contributed by atoms with E-state index in [9.17, 15) is 18.3 Å². The molecule has 0 amide bonds. The van der Waals surface area contributed by atoms with Crippen molar-refractivity contribution in [3.8, 4) is 0 Å². The van der Waals surface area contributed by atoms with Gasteiger partial charge in [0.1, 0.15) is 5.82 Å². The predicted molar refractivity (Wildman–Crippen MR) is 120 cm³/mol. The first kappa shape index (κ1) is 21.1. The second-order valence-corrected chi connectivity index (χ2v) is 11.9. The lowest BCUT2D eigenvalue weighted by molar-refractivity contribution is -0.00968. The maximum atomic E-state index is 13.5. The number of likely N-dealkylation sites (tertiary alicyclic amines) is 1. The van der Waals surface area contributed by atoms with Crippen LogP contribution in [-0.4, -0.2) is 58.2 Å². The van der Waals surface area contributed by atoms with E-state index in [2.05, 4.69) is 4.90 Å². The number of rotatable bonds is 4. The minimum Gasteiger partial charge on any atom is -0.388 e. The number of para-hydroxylation sites is 1. The molecule has 2 aliphatic heterocycles. The first-order valence-electron chi connectivity index (χ1n) is 11.5. The molecule has 1 atom stereocenters. The number of benzene rings is 1. The van der Waals surface area contributed by atoms with E-state index in [1.54, 1.807) is 0 Å². The standard InChI is InChI=1S/C23H31N3O4S/c27-22-18-8-3-4-9-19(18)24-21(26(22)17-6-1-2-7-17)20-10-5-13-25(20)16-23(28)11-14-31(29,30)15-12-23/h3-4,8-9,17,20,28H,1-2,5-7,10-16H2. The van der Waals surface area contributed by atoms with Crippen LogP contribution in [0.25, 0.3) is 10.9 Å². The molecule has 168 valence electrons. The Labute approximate surface area is 183 Å². The number of β-amino-alcohol motifs (C(OH)–C–C–N with tert-alkyl or cyclic N) is 1. The lowest BCUT2D eigenvalue weighted by Gasteiger charge is -2.38. The van der Waals surface area contributed by atoms with Crippen molar-refractivity contribution in [2.24, 2.45) is 0 Å². The summed E-state index contributed by atoms with van der Waals surface area (Å²) >= 11 is 0. The van der Waals surface area contributed by atoms with Crippen molar-refractivity contribution in [2.45, 2.75) is 69.1 Å². The van der Waals surface area contributed by atoms with Gasteiger partial charge in [-0.2, -0.15) is 0 Å². The van der Waals surface area contributed by atoms with Crippen LogP contribution in [0.4, 0.5) is 0 Å². The van der Waals surface area contributed by atoms with Crippen LogP contribution in [0.15, 0.2) is 29.1 Å². The van der Waals surface area contributed by atoms with E-state index < -0.39 is 15.4 Å². The highest BCUT2D eigenvalue weighted by atomic mass is 32.2.